The lowest BCUT2D eigenvalue weighted by Crippen LogP contribution is -2.52. The van der Waals surface area contributed by atoms with Crippen LogP contribution in [0.25, 0.3) is 0 Å². The number of carbonyl (C=O) groups excluding carboxylic acids is 1. The fourth-order valence-corrected chi connectivity index (χ4v) is 7.36. The van der Waals surface area contributed by atoms with E-state index < -0.39 is 0 Å². The minimum Gasteiger partial charge on any atom is -0.462 e. The molecule has 162 valence electrons. The number of fused-ring (bicyclic) bond motifs is 2. The quantitative estimate of drug-likeness (QED) is 0.519. The molecule has 2 heterocycles. The van der Waals surface area contributed by atoms with Crippen molar-refractivity contribution in [3.05, 3.63) is 11.1 Å². The van der Waals surface area contributed by atoms with Gasteiger partial charge in [-0.05, 0) is 57.3 Å². The van der Waals surface area contributed by atoms with Gasteiger partial charge in [-0.1, -0.05) is 37.3 Å². The maximum absolute atomic E-state index is 12.8. The molecule has 0 unspecified atom stereocenters. The first-order valence-corrected chi connectivity index (χ1v) is 12.4. The monoisotopic (exact) mass is 400 g/mol. The van der Waals surface area contributed by atoms with Gasteiger partial charge in [-0.3, -0.25) is 14.6 Å². The van der Waals surface area contributed by atoms with Gasteiger partial charge < -0.3 is 4.74 Å². The number of carbonyl (C=O) groups is 1. The lowest BCUT2D eigenvalue weighted by molar-refractivity contribution is -0.145. The van der Waals surface area contributed by atoms with Gasteiger partial charge >= 0.3 is 5.97 Å². The molecule has 0 amide bonds. The van der Waals surface area contributed by atoms with Crippen LogP contribution >= 0.6 is 0 Å². The Morgan fingerprint density at radius 2 is 1.83 bits per heavy atom. The number of hydrogen-bond acceptors (Lipinski definition) is 4. The molecule has 0 aromatic rings. The highest BCUT2D eigenvalue weighted by Crippen LogP contribution is 2.55. The number of hydrogen-bond donors (Lipinski definition) is 0. The van der Waals surface area contributed by atoms with Gasteiger partial charge in [0.15, 0.2) is 0 Å². The molecule has 5 rings (SSSR count). The second kappa shape index (κ2) is 8.00. The molecule has 3 aliphatic carbocycles. The Balaban J connectivity index is 1.21. The van der Waals surface area contributed by atoms with Crippen molar-refractivity contribution in [1.29, 1.82) is 0 Å². The van der Waals surface area contributed by atoms with Gasteiger partial charge in [0.05, 0.1) is 5.92 Å². The number of nitrogens with zero attached hydrogens (tertiary/aromatic N) is 2. The summed E-state index contributed by atoms with van der Waals surface area (Å²) in [4.78, 5) is 18.1. The van der Waals surface area contributed by atoms with E-state index in [1.54, 1.807) is 11.1 Å². The summed E-state index contributed by atoms with van der Waals surface area (Å²) in [6, 6.07) is 0.823. The van der Waals surface area contributed by atoms with Crippen LogP contribution in [0.2, 0.25) is 0 Å². The van der Waals surface area contributed by atoms with E-state index in [4.69, 9.17) is 4.74 Å². The van der Waals surface area contributed by atoms with Crippen LogP contribution in [0.1, 0.15) is 78.1 Å². The fourth-order valence-electron chi connectivity index (χ4n) is 7.36. The van der Waals surface area contributed by atoms with Crippen molar-refractivity contribution < 1.29 is 9.53 Å². The average molecular weight is 401 g/mol. The Labute approximate surface area is 177 Å². The molecule has 4 nitrogen and oxygen atoms in total. The highest BCUT2D eigenvalue weighted by molar-refractivity contribution is 5.76. The van der Waals surface area contributed by atoms with Crippen LogP contribution in [0.3, 0.4) is 0 Å². The zero-order valence-corrected chi connectivity index (χ0v) is 18.6. The molecule has 0 radical (unpaired) electrons. The summed E-state index contributed by atoms with van der Waals surface area (Å²) in [5.41, 5.74) is 3.57. The molecular weight excluding hydrogens is 360 g/mol. The SMILES string of the molecule is CC1=C2C[C@H]3[C@@H](C[C@@]2(C)CCC1)OC(=O)[C@@H]3CN1CCN(C2CCCCC2)CC1. The first kappa shape index (κ1) is 20.1. The van der Waals surface area contributed by atoms with E-state index in [0.717, 1.165) is 38.5 Å². The second-order valence-electron chi connectivity index (χ2n) is 11.0. The van der Waals surface area contributed by atoms with Crippen molar-refractivity contribution >= 4 is 5.97 Å². The summed E-state index contributed by atoms with van der Waals surface area (Å²) >= 11 is 0. The van der Waals surface area contributed by atoms with Crippen LogP contribution in [-0.4, -0.2) is 60.6 Å². The molecule has 4 heteroatoms. The van der Waals surface area contributed by atoms with Crippen LogP contribution in [0.15, 0.2) is 11.1 Å². The van der Waals surface area contributed by atoms with E-state index in [1.165, 1.54) is 64.5 Å². The number of allylic oxidation sites excluding steroid dienone is 2. The highest BCUT2D eigenvalue weighted by atomic mass is 16.6. The molecule has 0 aromatic carbocycles. The summed E-state index contributed by atoms with van der Waals surface area (Å²) in [6.45, 7) is 10.3. The summed E-state index contributed by atoms with van der Waals surface area (Å²) in [7, 11) is 0. The van der Waals surface area contributed by atoms with Crippen LogP contribution in [0, 0.1) is 17.3 Å². The highest BCUT2D eigenvalue weighted by Gasteiger charge is 2.53. The molecular formula is C25H40N2O2. The van der Waals surface area contributed by atoms with Crippen molar-refractivity contribution in [2.45, 2.75) is 90.2 Å². The number of ether oxygens (including phenoxy) is 1. The fraction of sp³-hybridized carbons (Fsp3) is 0.880. The molecule has 2 saturated heterocycles. The second-order valence-corrected chi connectivity index (χ2v) is 11.0. The first-order chi connectivity index (χ1) is 14.0. The van der Waals surface area contributed by atoms with Gasteiger partial charge in [0.25, 0.3) is 0 Å². The van der Waals surface area contributed by atoms with E-state index in [9.17, 15) is 4.79 Å². The van der Waals surface area contributed by atoms with Crippen LogP contribution in [-0.2, 0) is 9.53 Å². The minimum atomic E-state index is 0.0907. The molecule has 29 heavy (non-hydrogen) atoms. The van der Waals surface area contributed by atoms with Crippen LogP contribution in [0.5, 0.6) is 0 Å². The van der Waals surface area contributed by atoms with E-state index in [1.807, 2.05) is 0 Å². The van der Waals surface area contributed by atoms with Crippen molar-refractivity contribution in [3.63, 3.8) is 0 Å². The van der Waals surface area contributed by atoms with Gasteiger partial charge in [-0.15, -0.1) is 0 Å². The van der Waals surface area contributed by atoms with Crippen molar-refractivity contribution in [2.24, 2.45) is 17.3 Å². The van der Waals surface area contributed by atoms with Gasteiger partial charge in [0.1, 0.15) is 6.10 Å². The smallest absolute Gasteiger partial charge is 0.310 e. The Morgan fingerprint density at radius 1 is 1.07 bits per heavy atom. The topological polar surface area (TPSA) is 32.8 Å². The lowest BCUT2D eigenvalue weighted by Gasteiger charge is -2.46. The van der Waals surface area contributed by atoms with Gasteiger partial charge in [0, 0.05) is 44.7 Å². The molecule has 0 N–H and O–H groups in total. The Kier molecular flexibility index (Phi) is 5.53. The molecule has 2 saturated carbocycles. The zero-order valence-electron chi connectivity index (χ0n) is 18.6. The maximum Gasteiger partial charge on any atom is 0.310 e. The number of esters is 1. The largest absolute Gasteiger partial charge is 0.462 e. The third-order valence-electron chi connectivity index (χ3n) is 9.13. The van der Waals surface area contributed by atoms with Crippen LogP contribution < -0.4 is 0 Å². The van der Waals surface area contributed by atoms with Gasteiger partial charge in [-0.2, -0.15) is 0 Å². The average Bonchev–Trinajstić information content (AvgIpc) is 3.01. The molecule has 5 aliphatic rings. The predicted octanol–water partition coefficient (Wildman–Crippen LogP) is 4.40. The lowest BCUT2D eigenvalue weighted by atomic mass is 9.59. The normalized spacial score (nSPS) is 39.9. The van der Waals surface area contributed by atoms with Gasteiger partial charge in [0.2, 0.25) is 0 Å². The van der Waals surface area contributed by atoms with Crippen molar-refractivity contribution in [2.75, 3.05) is 32.7 Å². The molecule has 2 aliphatic heterocycles. The molecule has 0 aromatic heterocycles. The Bertz CT molecular complexity index is 660. The van der Waals surface area contributed by atoms with E-state index in [2.05, 4.69) is 23.6 Å². The predicted molar refractivity (Wildman–Crippen MR) is 116 cm³/mol. The van der Waals surface area contributed by atoms with E-state index in [-0.39, 0.29) is 23.4 Å². The summed E-state index contributed by atoms with van der Waals surface area (Å²) in [5.74, 6) is 0.596. The third-order valence-corrected chi connectivity index (χ3v) is 9.13. The standard InChI is InChI=1S/C25H40N2O2/c1-18-7-6-10-25(2)16-23-20(15-22(18)25)21(24(28)29-23)17-26-11-13-27(14-12-26)19-8-4-3-5-9-19/h19-21,23H,3-17H2,1-2H3/t20-,21-,23-,25-/m1/s1. The van der Waals surface area contributed by atoms with E-state index >= 15 is 0 Å². The first-order valence-electron chi connectivity index (χ1n) is 12.4. The Morgan fingerprint density at radius 3 is 2.59 bits per heavy atom. The summed E-state index contributed by atoms with van der Waals surface area (Å²) in [6.07, 6.45) is 13.2. The molecule has 4 atom stereocenters. The molecule has 0 bridgehead atoms. The number of piperazine rings is 1. The molecule has 0 spiro atoms. The molecule has 4 fully saturated rings. The van der Waals surface area contributed by atoms with Crippen molar-refractivity contribution in [1.82, 2.24) is 9.80 Å². The van der Waals surface area contributed by atoms with Gasteiger partial charge in [-0.25, -0.2) is 0 Å². The van der Waals surface area contributed by atoms with Crippen molar-refractivity contribution in [3.8, 4) is 0 Å². The van der Waals surface area contributed by atoms with E-state index in [0.29, 0.717) is 5.92 Å². The summed E-state index contributed by atoms with van der Waals surface area (Å²) in [5, 5.41) is 0. The third kappa shape index (κ3) is 3.80. The zero-order chi connectivity index (χ0) is 20.0. The maximum atomic E-state index is 12.8. The number of rotatable bonds is 3. The Hall–Kier alpha value is -0.870. The summed E-state index contributed by atoms with van der Waals surface area (Å²) < 4.78 is 5.99. The van der Waals surface area contributed by atoms with Crippen LogP contribution in [0.4, 0.5) is 0 Å². The minimum absolute atomic E-state index is 0.0907.